The van der Waals surface area contributed by atoms with Crippen molar-refractivity contribution in [2.75, 3.05) is 18.4 Å². The molecule has 1 aliphatic heterocycles. The average molecular weight is 384 g/mol. The lowest BCUT2D eigenvalue weighted by Crippen LogP contribution is -2.29. The molecule has 0 bridgehead atoms. The summed E-state index contributed by atoms with van der Waals surface area (Å²) in [4.78, 5) is 18.7. The zero-order chi connectivity index (χ0) is 19.8. The maximum Gasteiger partial charge on any atom is 0.254 e. The maximum atomic E-state index is 12.4. The molecule has 144 valence electrons. The van der Waals surface area contributed by atoms with Crippen LogP contribution < -0.4 is 11.1 Å². The molecule has 1 aliphatic rings. The SMILES string of the molecule is NCCN1Cc2cc(Nc3nc4cccc(-c5ccccc5)n4n3)ccc2C1=O. The van der Waals surface area contributed by atoms with Crippen LogP contribution in [0.1, 0.15) is 15.9 Å². The molecule has 0 unspecified atom stereocenters. The zero-order valence-electron chi connectivity index (χ0n) is 15.7. The first-order chi connectivity index (χ1) is 14.2. The smallest absolute Gasteiger partial charge is 0.254 e. The third-order valence-corrected chi connectivity index (χ3v) is 5.07. The van der Waals surface area contributed by atoms with Gasteiger partial charge in [0.25, 0.3) is 5.91 Å². The van der Waals surface area contributed by atoms with Crippen LogP contribution in [0.3, 0.4) is 0 Å². The number of carbonyl (C=O) groups is 1. The Bertz CT molecular complexity index is 1200. The van der Waals surface area contributed by atoms with Crippen LogP contribution in [0.15, 0.2) is 66.7 Å². The second-order valence-electron chi connectivity index (χ2n) is 6.99. The van der Waals surface area contributed by atoms with E-state index in [4.69, 9.17) is 5.73 Å². The normalized spacial score (nSPS) is 13.1. The molecule has 0 saturated carbocycles. The molecule has 2 aromatic carbocycles. The first kappa shape index (κ1) is 17.4. The number of hydrogen-bond acceptors (Lipinski definition) is 5. The fourth-order valence-corrected chi connectivity index (χ4v) is 3.71. The van der Waals surface area contributed by atoms with Gasteiger partial charge in [0.05, 0.1) is 5.69 Å². The minimum Gasteiger partial charge on any atom is -0.333 e. The quantitative estimate of drug-likeness (QED) is 0.552. The number of anilines is 2. The topological polar surface area (TPSA) is 88.6 Å². The highest BCUT2D eigenvalue weighted by atomic mass is 16.2. The van der Waals surface area contributed by atoms with Crippen LogP contribution in [-0.4, -0.2) is 38.5 Å². The Labute approximate surface area is 167 Å². The highest BCUT2D eigenvalue weighted by molar-refractivity contribution is 5.98. The van der Waals surface area contributed by atoms with Gasteiger partial charge in [-0.15, -0.1) is 5.10 Å². The van der Waals surface area contributed by atoms with E-state index in [1.807, 2.05) is 71.2 Å². The molecule has 0 radical (unpaired) electrons. The first-order valence-electron chi connectivity index (χ1n) is 9.53. The molecule has 0 saturated heterocycles. The third-order valence-electron chi connectivity index (χ3n) is 5.07. The summed E-state index contributed by atoms with van der Waals surface area (Å²) in [5.74, 6) is 0.548. The van der Waals surface area contributed by atoms with Gasteiger partial charge < -0.3 is 16.0 Å². The van der Waals surface area contributed by atoms with Crippen molar-refractivity contribution >= 4 is 23.2 Å². The molecule has 3 N–H and O–H groups in total. The second-order valence-corrected chi connectivity index (χ2v) is 6.99. The van der Waals surface area contributed by atoms with Gasteiger partial charge in [-0.05, 0) is 35.9 Å². The minimum atomic E-state index is 0.0374. The van der Waals surface area contributed by atoms with Gasteiger partial charge >= 0.3 is 0 Å². The first-order valence-corrected chi connectivity index (χ1v) is 9.53. The zero-order valence-corrected chi connectivity index (χ0v) is 15.7. The van der Waals surface area contributed by atoms with Gasteiger partial charge in [-0.25, -0.2) is 4.52 Å². The maximum absolute atomic E-state index is 12.4. The Balaban J connectivity index is 1.45. The molecular formula is C22H20N6O. The van der Waals surface area contributed by atoms with Crippen molar-refractivity contribution in [1.29, 1.82) is 0 Å². The van der Waals surface area contributed by atoms with Crippen LogP contribution in [0.25, 0.3) is 16.9 Å². The number of hydrogen-bond donors (Lipinski definition) is 2. The van der Waals surface area contributed by atoms with E-state index >= 15 is 0 Å². The van der Waals surface area contributed by atoms with Crippen LogP contribution in [0, 0.1) is 0 Å². The number of carbonyl (C=O) groups excluding carboxylic acids is 1. The lowest BCUT2D eigenvalue weighted by atomic mass is 10.1. The van der Waals surface area contributed by atoms with E-state index in [0.717, 1.165) is 33.7 Å². The molecule has 5 rings (SSSR count). The van der Waals surface area contributed by atoms with Crippen LogP contribution in [0.5, 0.6) is 0 Å². The molecule has 0 fully saturated rings. The molecule has 29 heavy (non-hydrogen) atoms. The summed E-state index contributed by atoms with van der Waals surface area (Å²) in [6.45, 7) is 1.60. The van der Waals surface area contributed by atoms with E-state index in [-0.39, 0.29) is 5.91 Å². The van der Waals surface area contributed by atoms with Gasteiger partial charge in [-0.1, -0.05) is 36.4 Å². The van der Waals surface area contributed by atoms with E-state index in [0.29, 0.717) is 25.6 Å². The number of pyridine rings is 1. The lowest BCUT2D eigenvalue weighted by molar-refractivity contribution is 0.0783. The number of benzene rings is 2. The Hall–Kier alpha value is -3.71. The predicted molar refractivity (Wildman–Crippen MR) is 112 cm³/mol. The Kier molecular flexibility index (Phi) is 4.22. The largest absolute Gasteiger partial charge is 0.333 e. The van der Waals surface area contributed by atoms with Crippen LogP contribution in [0.2, 0.25) is 0 Å². The van der Waals surface area contributed by atoms with Gasteiger partial charge in [0.15, 0.2) is 5.65 Å². The lowest BCUT2D eigenvalue weighted by Gasteiger charge is -2.13. The predicted octanol–water partition coefficient (Wildman–Crippen LogP) is 3.05. The highest BCUT2D eigenvalue weighted by Crippen LogP contribution is 2.27. The van der Waals surface area contributed by atoms with E-state index in [9.17, 15) is 4.79 Å². The van der Waals surface area contributed by atoms with Crippen molar-refractivity contribution in [3.05, 3.63) is 77.9 Å². The fourth-order valence-electron chi connectivity index (χ4n) is 3.71. The Morgan fingerprint density at radius 3 is 2.72 bits per heavy atom. The number of rotatable bonds is 5. The van der Waals surface area contributed by atoms with Crippen molar-refractivity contribution < 1.29 is 4.79 Å². The summed E-state index contributed by atoms with van der Waals surface area (Å²) in [6.07, 6.45) is 0. The van der Waals surface area contributed by atoms with Gasteiger partial charge in [0, 0.05) is 36.4 Å². The van der Waals surface area contributed by atoms with Crippen molar-refractivity contribution in [3.8, 4) is 11.3 Å². The molecule has 1 amide bonds. The van der Waals surface area contributed by atoms with Crippen molar-refractivity contribution in [2.24, 2.45) is 5.73 Å². The molecule has 0 atom stereocenters. The molecule has 2 aromatic heterocycles. The summed E-state index contributed by atoms with van der Waals surface area (Å²) in [6, 6.07) is 21.7. The number of nitrogens with zero attached hydrogens (tertiary/aromatic N) is 4. The second kappa shape index (κ2) is 7.03. The average Bonchev–Trinajstić information content (AvgIpc) is 3.29. The number of nitrogens with two attached hydrogens (primary N) is 1. The molecule has 0 spiro atoms. The summed E-state index contributed by atoms with van der Waals surface area (Å²) in [7, 11) is 0. The van der Waals surface area contributed by atoms with Crippen molar-refractivity contribution in [2.45, 2.75) is 6.54 Å². The molecule has 3 heterocycles. The molecule has 4 aromatic rings. The van der Waals surface area contributed by atoms with Gasteiger partial charge in [0.2, 0.25) is 5.95 Å². The number of nitrogens with one attached hydrogen (secondary N) is 1. The van der Waals surface area contributed by atoms with E-state index < -0.39 is 0 Å². The fraction of sp³-hybridized carbons (Fsp3) is 0.136. The summed E-state index contributed by atoms with van der Waals surface area (Å²) in [5.41, 5.74) is 11.0. The van der Waals surface area contributed by atoms with Crippen LogP contribution in [0.4, 0.5) is 11.6 Å². The van der Waals surface area contributed by atoms with Crippen molar-refractivity contribution in [3.63, 3.8) is 0 Å². The van der Waals surface area contributed by atoms with E-state index in [2.05, 4.69) is 15.4 Å². The molecular weight excluding hydrogens is 364 g/mol. The third kappa shape index (κ3) is 3.11. The van der Waals surface area contributed by atoms with E-state index in [1.165, 1.54) is 0 Å². The summed E-state index contributed by atoms with van der Waals surface area (Å²) >= 11 is 0. The van der Waals surface area contributed by atoms with Crippen molar-refractivity contribution in [1.82, 2.24) is 19.5 Å². The van der Waals surface area contributed by atoms with Crippen LogP contribution >= 0.6 is 0 Å². The highest BCUT2D eigenvalue weighted by Gasteiger charge is 2.26. The molecule has 7 nitrogen and oxygen atoms in total. The number of fused-ring (bicyclic) bond motifs is 2. The number of aromatic nitrogens is 3. The standard InChI is InChI=1S/C22H20N6O/c23-11-12-27-14-16-13-17(9-10-18(16)21(27)29)24-22-25-20-8-4-7-19(28(20)26-22)15-5-2-1-3-6-15/h1-10,13H,11-12,14,23H2,(H,24,26). The van der Waals surface area contributed by atoms with Gasteiger partial charge in [0.1, 0.15) is 0 Å². The molecule has 7 heteroatoms. The van der Waals surface area contributed by atoms with Gasteiger partial charge in [-0.3, -0.25) is 4.79 Å². The van der Waals surface area contributed by atoms with E-state index in [1.54, 1.807) is 4.90 Å². The van der Waals surface area contributed by atoms with Crippen LogP contribution in [-0.2, 0) is 6.54 Å². The Morgan fingerprint density at radius 1 is 1.03 bits per heavy atom. The number of amides is 1. The minimum absolute atomic E-state index is 0.0374. The summed E-state index contributed by atoms with van der Waals surface area (Å²) < 4.78 is 1.83. The van der Waals surface area contributed by atoms with Gasteiger partial charge in [-0.2, -0.15) is 4.98 Å². The Morgan fingerprint density at radius 2 is 1.90 bits per heavy atom. The summed E-state index contributed by atoms with van der Waals surface area (Å²) in [5, 5.41) is 7.90. The monoisotopic (exact) mass is 384 g/mol. The molecule has 0 aliphatic carbocycles.